The van der Waals surface area contributed by atoms with Crippen molar-refractivity contribution in [2.24, 2.45) is 0 Å². The Labute approximate surface area is 170 Å². The Bertz CT molecular complexity index is 959. The number of alkyl halides is 3. The summed E-state index contributed by atoms with van der Waals surface area (Å²) in [5.74, 6) is -1.30. The van der Waals surface area contributed by atoms with E-state index in [1.165, 1.54) is 17.0 Å². The van der Waals surface area contributed by atoms with Crippen molar-refractivity contribution in [3.8, 4) is 0 Å². The zero-order valence-electron chi connectivity index (χ0n) is 15.9. The lowest BCUT2D eigenvalue weighted by Gasteiger charge is -2.43. The van der Waals surface area contributed by atoms with Gasteiger partial charge in [-0.2, -0.15) is 13.2 Å². The molecule has 2 aromatic rings. The van der Waals surface area contributed by atoms with E-state index < -0.39 is 35.7 Å². The smallest absolute Gasteiger partial charge is 0.419 e. The van der Waals surface area contributed by atoms with Crippen molar-refractivity contribution < 1.29 is 31.8 Å². The van der Waals surface area contributed by atoms with Crippen LogP contribution in [0, 0.1) is 5.82 Å². The van der Waals surface area contributed by atoms with Crippen LogP contribution in [-0.4, -0.2) is 36.3 Å². The lowest BCUT2D eigenvalue weighted by molar-refractivity contribution is -0.140. The van der Waals surface area contributed by atoms with Crippen LogP contribution in [0.15, 0.2) is 54.6 Å². The first kappa shape index (κ1) is 20.4. The Morgan fingerprint density at radius 3 is 2.57 bits per heavy atom. The summed E-state index contributed by atoms with van der Waals surface area (Å²) >= 11 is 0. The van der Waals surface area contributed by atoms with Crippen LogP contribution >= 0.6 is 0 Å². The van der Waals surface area contributed by atoms with Gasteiger partial charge < -0.3 is 9.47 Å². The monoisotopic (exact) mass is 421 g/mol. The van der Waals surface area contributed by atoms with Gasteiger partial charge in [0.05, 0.1) is 30.9 Å². The van der Waals surface area contributed by atoms with E-state index in [-0.39, 0.29) is 31.8 Å². The minimum absolute atomic E-state index is 0.0981. The van der Waals surface area contributed by atoms with Crippen molar-refractivity contribution >= 4 is 11.7 Å². The number of fused-ring (bicyclic) bond motifs is 2. The van der Waals surface area contributed by atoms with Crippen LogP contribution in [0.2, 0.25) is 0 Å². The number of ether oxygens (including phenoxy) is 2. The second-order valence-corrected chi connectivity index (χ2v) is 7.27. The van der Waals surface area contributed by atoms with Crippen LogP contribution in [0.25, 0.3) is 5.57 Å². The number of amides is 1. The molecule has 1 fully saturated rings. The van der Waals surface area contributed by atoms with E-state index in [2.05, 4.69) is 0 Å². The Kier molecular flexibility index (Phi) is 5.51. The highest BCUT2D eigenvalue weighted by Gasteiger charge is 2.41. The molecule has 2 aromatic carbocycles. The second-order valence-electron chi connectivity index (χ2n) is 7.27. The number of hydrogen-bond donors (Lipinski definition) is 0. The van der Waals surface area contributed by atoms with Crippen LogP contribution in [0.4, 0.5) is 22.4 Å². The van der Waals surface area contributed by atoms with E-state index in [0.29, 0.717) is 5.57 Å². The van der Waals surface area contributed by atoms with Gasteiger partial charge in [-0.3, -0.25) is 4.90 Å². The van der Waals surface area contributed by atoms with Gasteiger partial charge in [0, 0.05) is 5.56 Å². The van der Waals surface area contributed by atoms with E-state index in [4.69, 9.17) is 9.47 Å². The van der Waals surface area contributed by atoms with Crippen LogP contribution in [0.5, 0.6) is 0 Å². The Balaban J connectivity index is 1.56. The van der Waals surface area contributed by atoms with Gasteiger partial charge >= 0.3 is 12.3 Å². The molecule has 4 rings (SSSR count). The third-order valence-electron chi connectivity index (χ3n) is 5.26. The molecule has 2 aliphatic heterocycles. The maximum absolute atomic E-state index is 14.6. The predicted octanol–water partition coefficient (Wildman–Crippen LogP) is 5.04. The molecule has 0 radical (unpaired) electrons. The molecule has 0 aliphatic carbocycles. The molecule has 1 amide bonds. The maximum atomic E-state index is 14.6. The van der Waals surface area contributed by atoms with Crippen molar-refractivity contribution in [2.75, 3.05) is 13.2 Å². The summed E-state index contributed by atoms with van der Waals surface area (Å²) in [4.78, 5) is 14.2. The molecule has 2 heterocycles. The van der Waals surface area contributed by atoms with Gasteiger partial charge in [-0.1, -0.05) is 48.5 Å². The van der Waals surface area contributed by atoms with Gasteiger partial charge in [0.15, 0.2) is 0 Å². The fraction of sp³-hybridized carbons (Fsp3) is 0.318. The van der Waals surface area contributed by atoms with E-state index >= 15 is 0 Å². The molecule has 8 heteroatoms. The molecule has 2 unspecified atom stereocenters. The van der Waals surface area contributed by atoms with Crippen molar-refractivity contribution in [1.82, 2.24) is 4.90 Å². The highest BCUT2D eigenvalue weighted by Crippen LogP contribution is 2.38. The number of nitrogens with zero attached hydrogens (tertiary/aromatic N) is 1. The summed E-state index contributed by atoms with van der Waals surface area (Å²) in [7, 11) is 0. The second kappa shape index (κ2) is 8.10. The van der Waals surface area contributed by atoms with Gasteiger partial charge in [0.25, 0.3) is 0 Å². The quantitative estimate of drug-likeness (QED) is 0.652. The summed E-state index contributed by atoms with van der Waals surface area (Å²) in [6.07, 6.45) is -3.54. The standard InChI is InChI=1S/C22H19F4NO3/c23-20-18(7-4-8-19(20)22(24,25)26)15-9-16-12-29-13-17(10-15)27(16)21(28)30-11-14-5-2-1-3-6-14/h1-9,16-17H,10-13H2. The first-order valence-corrected chi connectivity index (χ1v) is 9.48. The molecule has 1 saturated heterocycles. The Hall–Kier alpha value is -2.87. The van der Waals surface area contributed by atoms with Crippen LogP contribution in [0.1, 0.15) is 23.1 Å². The van der Waals surface area contributed by atoms with Crippen LogP contribution in [0.3, 0.4) is 0 Å². The zero-order chi connectivity index (χ0) is 21.3. The number of halogens is 4. The van der Waals surface area contributed by atoms with Gasteiger partial charge in [-0.05, 0) is 23.6 Å². The van der Waals surface area contributed by atoms with Crippen LogP contribution < -0.4 is 0 Å². The Morgan fingerprint density at radius 1 is 1.10 bits per heavy atom. The van der Waals surface area contributed by atoms with E-state index in [1.807, 2.05) is 30.3 Å². The lowest BCUT2D eigenvalue weighted by Crippen LogP contribution is -2.56. The summed E-state index contributed by atoms with van der Waals surface area (Å²) in [5, 5.41) is 0. The molecular weight excluding hydrogens is 402 g/mol. The molecule has 4 nitrogen and oxygen atoms in total. The predicted molar refractivity (Wildman–Crippen MR) is 101 cm³/mol. The fourth-order valence-corrected chi connectivity index (χ4v) is 3.87. The number of morpholine rings is 1. The fourth-order valence-electron chi connectivity index (χ4n) is 3.87. The largest absolute Gasteiger partial charge is 0.445 e. The lowest BCUT2D eigenvalue weighted by atomic mass is 9.89. The van der Waals surface area contributed by atoms with Gasteiger partial charge in [0.2, 0.25) is 0 Å². The summed E-state index contributed by atoms with van der Waals surface area (Å²) < 4.78 is 64.7. The first-order valence-electron chi connectivity index (χ1n) is 9.48. The van der Waals surface area contributed by atoms with Gasteiger partial charge in [0.1, 0.15) is 12.4 Å². The normalized spacial score (nSPS) is 21.2. The molecular formula is C22H19F4NO3. The summed E-state index contributed by atoms with van der Waals surface area (Å²) in [5.41, 5.74) is -0.124. The average molecular weight is 421 g/mol. The topological polar surface area (TPSA) is 38.8 Å². The van der Waals surface area contributed by atoms with Crippen molar-refractivity contribution in [1.29, 1.82) is 0 Å². The average Bonchev–Trinajstić information content (AvgIpc) is 2.71. The van der Waals surface area contributed by atoms with Crippen molar-refractivity contribution in [3.63, 3.8) is 0 Å². The molecule has 0 N–H and O–H groups in total. The number of benzene rings is 2. The third-order valence-corrected chi connectivity index (χ3v) is 5.26. The van der Waals surface area contributed by atoms with Gasteiger partial charge in [-0.15, -0.1) is 0 Å². The molecule has 0 aromatic heterocycles. The Morgan fingerprint density at radius 2 is 1.87 bits per heavy atom. The van der Waals surface area contributed by atoms with Crippen molar-refractivity contribution in [2.45, 2.75) is 31.3 Å². The third kappa shape index (κ3) is 4.05. The first-order chi connectivity index (χ1) is 14.3. The number of carbonyl (C=O) groups is 1. The SMILES string of the molecule is O=C(OCc1ccccc1)N1C2C=C(c3cccc(C(F)(F)F)c3F)CC1COC2. The molecule has 2 atom stereocenters. The molecule has 30 heavy (non-hydrogen) atoms. The van der Waals surface area contributed by atoms with Crippen LogP contribution in [-0.2, 0) is 22.3 Å². The molecule has 158 valence electrons. The number of carbonyl (C=O) groups excluding carboxylic acids is 1. The summed E-state index contributed by atoms with van der Waals surface area (Å²) in [6.45, 7) is 0.477. The van der Waals surface area contributed by atoms with E-state index in [9.17, 15) is 22.4 Å². The molecule has 0 saturated carbocycles. The highest BCUT2D eigenvalue weighted by atomic mass is 19.4. The zero-order valence-corrected chi connectivity index (χ0v) is 15.9. The highest BCUT2D eigenvalue weighted by molar-refractivity contribution is 5.75. The summed E-state index contributed by atoms with van der Waals surface area (Å²) in [6, 6.07) is 11.5. The van der Waals surface area contributed by atoms with E-state index in [1.54, 1.807) is 6.08 Å². The number of hydrogen-bond acceptors (Lipinski definition) is 3. The maximum Gasteiger partial charge on any atom is 0.419 e. The van der Waals surface area contributed by atoms with Crippen molar-refractivity contribution in [3.05, 3.63) is 77.1 Å². The molecule has 0 spiro atoms. The minimum Gasteiger partial charge on any atom is -0.445 e. The van der Waals surface area contributed by atoms with Gasteiger partial charge in [-0.25, -0.2) is 9.18 Å². The number of rotatable bonds is 3. The molecule has 2 bridgehead atoms. The minimum atomic E-state index is -4.78. The van der Waals surface area contributed by atoms with E-state index in [0.717, 1.165) is 11.6 Å². The molecule has 2 aliphatic rings.